The molecule has 144 valence electrons. The Morgan fingerprint density at radius 1 is 1.07 bits per heavy atom. The van der Waals surface area contributed by atoms with Crippen molar-refractivity contribution in [1.29, 1.82) is 0 Å². The van der Waals surface area contributed by atoms with Crippen LogP contribution in [0, 0.1) is 0 Å². The number of carbonyl (C=O) groups is 1. The Balaban J connectivity index is 2.24. The zero-order valence-electron chi connectivity index (χ0n) is 16.5. The number of hydrogen-bond donors (Lipinski definition) is 1. The summed E-state index contributed by atoms with van der Waals surface area (Å²) in [6, 6.07) is 16.8. The molecule has 0 radical (unpaired) electrons. The molecule has 0 saturated carbocycles. The molecule has 2 aromatic carbocycles. The first-order chi connectivity index (χ1) is 12.6. The van der Waals surface area contributed by atoms with Gasteiger partial charge in [-0.15, -0.1) is 0 Å². The van der Waals surface area contributed by atoms with Crippen molar-refractivity contribution in [1.82, 2.24) is 10.2 Å². The molecule has 1 N–H and O–H groups in total. The van der Waals surface area contributed by atoms with Gasteiger partial charge >= 0.3 is 0 Å². The van der Waals surface area contributed by atoms with Gasteiger partial charge in [0, 0.05) is 16.1 Å². The van der Waals surface area contributed by atoms with Crippen LogP contribution >= 0.6 is 23.8 Å². The van der Waals surface area contributed by atoms with Gasteiger partial charge in [0.1, 0.15) is 0 Å². The van der Waals surface area contributed by atoms with E-state index in [1.807, 2.05) is 30.0 Å². The second-order valence-corrected chi connectivity index (χ2v) is 8.50. The summed E-state index contributed by atoms with van der Waals surface area (Å²) in [6.07, 6.45) is 0. The number of Topliss-reactive ketones (excluding diaryl/α,β-unsaturated/α-hetero) is 1. The van der Waals surface area contributed by atoms with Crippen LogP contribution in [-0.2, 0) is 0 Å². The third-order valence-electron chi connectivity index (χ3n) is 4.46. The van der Waals surface area contributed by atoms with Crippen LogP contribution in [0.3, 0.4) is 0 Å². The first-order valence-electron chi connectivity index (χ1n) is 9.06. The van der Waals surface area contributed by atoms with Crippen LogP contribution in [-0.4, -0.2) is 27.4 Å². The smallest absolute Gasteiger partial charge is 0.185 e. The van der Waals surface area contributed by atoms with E-state index in [-0.39, 0.29) is 17.4 Å². The highest BCUT2D eigenvalue weighted by Crippen LogP contribution is 2.23. The fourth-order valence-electron chi connectivity index (χ4n) is 3.14. The van der Waals surface area contributed by atoms with E-state index in [9.17, 15) is 4.79 Å². The predicted molar refractivity (Wildman–Crippen MR) is 117 cm³/mol. The number of hydrogen-bond acceptors (Lipinski definition) is 2. The Morgan fingerprint density at radius 3 is 2.26 bits per heavy atom. The number of ketones is 1. The van der Waals surface area contributed by atoms with Crippen molar-refractivity contribution in [2.24, 2.45) is 0 Å². The minimum absolute atomic E-state index is 0.0102. The normalized spacial score (nSPS) is 13.6. The summed E-state index contributed by atoms with van der Waals surface area (Å²) >= 11 is 11.8. The Labute approximate surface area is 172 Å². The quantitative estimate of drug-likeness (QED) is 0.517. The van der Waals surface area contributed by atoms with Crippen molar-refractivity contribution in [3.63, 3.8) is 0 Å². The number of halogens is 1. The van der Waals surface area contributed by atoms with E-state index in [0.717, 1.165) is 5.56 Å². The number of benzene rings is 2. The zero-order chi connectivity index (χ0) is 20.2. The lowest BCUT2D eigenvalue weighted by Gasteiger charge is -2.42. The topological polar surface area (TPSA) is 32.3 Å². The fourth-order valence-corrected chi connectivity index (χ4v) is 3.94. The molecule has 0 aromatic heterocycles. The summed E-state index contributed by atoms with van der Waals surface area (Å²) in [7, 11) is 0. The summed E-state index contributed by atoms with van der Waals surface area (Å²) < 4.78 is 0. The van der Waals surface area contributed by atoms with Gasteiger partial charge in [-0.3, -0.25) is 4.79 Å². The molecule has 2 atom stereocenters. The van der Waals surface area contributed by atoms with Gasteiger partial charge in [0.2, 0.25) is 0 Å². The third-order valence-corrected chi connectivity index (χ3v) is 5.01. The van der Waals surface area contributed by atoms with Crippen LogP contribution in [0.25, 0.3) is 0 Å². The van der Waals surface area contributed by atoms with Crippen molar-refractivity contribution in [3.8, 4) is 0 Å². The zero-order valence-corrected chi connectivity index (χ0v) is 18.1. The molecule has 0 aliphatic rings. The van der Waals surface area contributed by atoms with Crippen LogP contribution in [0.15, 0.2) is 54.6 Å². The third kappa shape index (κ3) is 5.53. The molecule has 2 aromatic rings. The number of nitrogens with one attached hydrogen (secondary N) is 1. The largest absolute Gasteiger partial charge is 0.356 e. The molecule has 0 amide bonds. The highest BCUT2D eigenvalue weighted by atomic mass is 35.5. The molecule has 0 unspecified atom stereocenters. The summed E-state index contributed by atoms with van der Waals surface area (Å²) in [5.41, 5.74) is 1.40. The van der Waals surface area contributed by atoms with Crippen LogP contribution < -0.4 is 5.32 Å². The van der Waals surface area contributed by atoms with Gasteiger partial charge in [-0.1, -0.05) is 54.1 Å². The molecule has 0 spiro atoms. The van der Waals surface area contributed by atoms with Gasteiger partial charge in [0.25, 0.3) is 0 Å². The molecular formula is C22H27ClN2OS. The van der Waals surface area contributed by atoms with Gasteiger partial charge < -0.3 is 10.2 Å². The molecular weight excluding hydrogens is 376 g/mol. The fraction of sp³-hybridized carbons (Fsp3) is 0.364. The van der Waals surface area contributed by atoms with Crippen molar-refractivity contribution in [3.05, 3.63) is 70.7 Å². The summed E-state index contributed by atoms with van der Waals surface area (Å²) in [4.78, 5) is 15.0. The standard InChI is InChI=1S/C22H27ClN2OS/c1-15(17-10-7-6-8-11-17)24-21(27)25(22(3,4)5)16(2)20(26)18-12-9-13-19(23)14-18/h6-16H,1-5H3,(H,24,27)/t15-,16+/m1/s1. The van der Waals surface area contributed by atoms with E-state index in [0.29, 0.717) is 15.7 Å². The highest BCUT2D eigenvalue weighted by molar-refractivity contribution is 7.80. The molecule has 0 aliphatic heterocycles. The van der Waals surface area contributed by atoms with E-state index in [1.54, 1.807) is 24.3 Å². The van der Waals surface area contributed by atoms with Crippen molar-refractivity contribution >= 4 is 34.7 Å². The lowest BCUT2D eigenvalue weighted by molar-refractivity contribution is 0.0823. The molecule has 2 rings (SSSR count). The first kappa shape index (κ1) is 21.4. The molecule has 3 nitrogen and oxygen atoms in total. The minimum atomic E-state index is -0.425. The van der Waals surface area contributed by atoms with Gasteiger partial charge in [-0.05, 0) is 64.5 Å². The summed E-state index contributed by atoms with van der Waals surface area (Å²) in [5.74, 6) is -0.0102. The minimum Gasteiger partial charge on any atom is -0.356 e. The number of rotatable bonds is 5. The van der Waals surface area contributed by atoms with Crippen molar-refractivity contribution in [2.45, 2.75) is 52.2 Å². The van der Waals surface area contributed by atoms with E-state index < -0.39 is 6.04 Å². The highest BCUT2D eigenvalue weighted by Gasteiger charge is 2.33. The van der Waals surface area contributed by atoms with E-state index in [4.69, 9.17) is 23.8 Å². The van der Waals surface area contributed by atoms with Crippen LogP contribution in [0.1, 0.15) is 56.6 Å². The SMILES string of the molecule is C[C@@H](NC(=S)N([C@@H](C)C(=O)c1cccc(Cl)c1)C(C)(C)C)c1ccccc1. The molecule has 0 saturated heterocycles. The van der Waals surface area contributed by atoms with E-state index in [2.05, 4.69) is 45.1 Å². The second kappa shape index (κ2) is 8.85. The van der Waals surface area contributed by atoms with Gasteiger partial charge in [0.05, 0.1) is 12.1 Å². The van der Waals surface area contributed by atoms with Crippen LogP contribution in [0.5, 0.6) is 0 Å². The maximum absolute atomic E-state index is 13.1. The Kier molecular flexibility index (Phi) is 7.01. The average Bonchev–Trinajstić information content (AvgIpc) is 2.60. The average molecular weight is 403 g/mol. The molecule has 0 heterocycles. The first-order valence-corrected chi connectivity index (χ1v) is 9.84. The molecule has 0 fully saturated rings. The number of carbonyl (C=O) groups excluding carboxylic acids is 1. The number of thiocarbonyl (C=S) groups is 1. The Morgan fingerprint density at radius 2 is 1.70 bits per heavy atom. The van der Waals surface area contributed by atoms with Gasteiger partial charge in [0.15, 0.2) is 10.9 Å². The Bertz CT molecular complexity index is 801. The number of nitrogens with zero attached hydrogens (tertiary/aromatic N) is 1. The van der Waals surface area contributed by atoms with Gasteiger partial charge in [-0.2, -0.15) is 0 Å². The van der Waals surface area contributed by atoms with Crippen LogP contribution in [0.2, 0.25) is 5.02 Å². The maximum atomic E-state index is 13.1. The molecule has 5 heteroatoms. The van der Waals surface area contributed by atoms with Crippen LogP contribution in [0.4, 0.5) is 0 Å². The summed E-state index contributed by atoms with van der Waals surface area (Å²) in [6.45, 7) is 10.1. The second-order valence-electron chi connectivity index (χ2n) is 7.67. The maximum Gasteiger partial charge on any atom is 0.185 e. The van der Waals surface area contributed by atoms with Crippen molar-refractivity contribution < 1.29 is 4.79 Å². The lowest BCUT2D eigenvalue weighted by Crippen LogP contribution is -2.57. The van der Waals surface area contributed by atoms with Crippen molar-refractivity contribution in [2.75, 3.05) is 0 Å². The Hall–Kier alpha value is -1.91. The molecule has 27 heavy (non-hydrogen) atoms. The predicted octanol–water partition coefficient (Wildman–Crippen LogP) is 5.65. The monoisotopic (exact) mass is 402 g/mol. The van der Waals surface area contributed by atoms with E-state index >= 15 is 0 Å². The van der Waals surface area contributed by atoms with Gasteiger partial charge in [-0.25, -0.2) is 0 Å². The summed E-state index contributed by atoms with van der Waals surface area (Å²) in [5, 5.41) is 4.49. The lowest BCUT2D eigenvalue weighted by atomic mass is 9.98. The van der Waals surface area contributed by atoms with E-state index in [1.165, 1.54) is 0 Å². The molecule has 0 bridgehead atoms. The molecule has 0 aliphatic carbocycles.